The van der Waals surface area contributed by atoms with Gasteiger partial charge < -0.3 is 14.7 Å². The van der Waals surface area contributed by atoms with Gasteiger partial charge >= 0.3 is 0 Å². The van der Waals surface area contributed by atoms with E-state index >= 15 is 0 Å². The minimum Gasteiger partial charge on any atom is -0.488 e. The van der Waals surface area contributed by atoms with Crippen LogP contribution in [0.15, 0.2) is 67.0 Å². The van der Waals surface area contributed by atoms with E-state index in [9.17, 15) is 9.90 Å². The van der Waals surface area contributed by atoms with Crippen LogP contribution in [0.2, 0.25) is 0 Å². The Bertz CT molecular complexity index is 1020. The van der Waals surface area contributed by atoms with Gasteiger partial charge in [0.15, 0.2) is 0 Å². The second kappa shape index (κ2) is 10.0. The van der Waals surface area contributed by atoms with Crippen LogP contribution in [0.3, 0.4) is 0 Å². The molecule has 0 radical (unpaired) electrons. The number of hydrogen-bond donors (Lipinski definition) is 1. The first-order chi connectivity index (χ1) is 14.4. The van der Waals surface area contributed by atoms with Crippen LogP contribution in [-0.4, -0.2) is 47.2 Å². The van der Waals surface area contributed by atoms with E-state index in [2.05, 4.69) is 4.98 Å². The number of likely N-dealkylation sites (N-methyl/N-ethyl adjacent to an activating group) is 1. The van der Waals surface area contributed by atoms with E-state index < -0.39 is 6.10 Å². The Labute approximate surface area is 177 Å². The topological polar surface area (TPSA) is 62.7 Å². The molecule has 0 saturated carbocycles. The zero-order valence-corrected chi connectivity index (χ0v) is 17.7. The number of aryl methyl sites for hydroxylation is 1. The quantitative estimate of drug-likeness (QED) is 0.574. The van der Waals surface area contributed by atoms with Gasteiger partial charge in [-0.05, 0) is 72.0 Å². The van der Waals surface area contributed by atoms with E-state index in [-0.39, 0.29) is 12.0 Å². The van der Waals surface area contributed by atoms with Crippen molar-refractivity contribution in [2.24, 2.45) is 0 Å². The predicted octanol–water partition coefficient (Wildman–Crippen LogP) is 4.10. The average Bonchev–Trinajstić information content (AvgIpc) is 2.76. The minimum absolute atomic E-state index is 0.0464. The van der Waals surface area contributed by atoms with Gasteiger partial charge in [-0.15, -0.1) is 0 Å². The van der Waals surface area contributed by atoms with Gasteiger partial charge in [-0.25, -0.2) is 0 Å². The lowest BCUT2D eigenvalue weighted by atomic mass is 10.0. The molecular formula is C25H28N2O3. The summed E-state index contributed by atoms with van der Waals surface area (Å²) in [5, 5.41) is 12.6. The van der Waals surface area contributed by atoms with Gasteiger partial charge in [0.25, 0.3) is 0 Å². The Kier molecular flexibility index (Phi) is 7.20. The molecule has 2 aromatic carbocycles. The molecule has 0 aliphatic heterocycles. The van der Waals surface area contributed by atoms with Crippen LogP contribution in [0.1, 0.15) is 24.5 Å². The molecule has 5 nitrogen and oxygen atoms in total. The lowest BCUT2D eigenvalue weighted by molar-refractivity contribution is -0.123. The van der Waals surface area contributed by atoms with Crippen LogP contribution >= 0.6 is 0 Å². The molecule has 0 saturated heterocycles. The third-order valence-corrected chi connectivity index (χ3v) is 5.01. The molecule has 30 heavy (non-hydrogen) atoms. The number of aliphatic hydroxyl groups excluding tert-OH is 1. The van der Waals surface area contributed by atoms with Crippen LogP contribution in [-0.2, 0) is 11.2 Å². The zero-order valence-electron chi connectivity index (χ0n) is 17.7. The van der Waals surface area contributed by atoms with E-state index in [1.165, 1.54) is 4.90 Å². The molecule has 2 atom stereocenters. The van der Waals surface area contributed by atoms with Crippen LogP contribution in [0, 0.1) is 0 Å². The van der Waals surface area contributed by atoms with Crippen molar-refractivity contribution >= 4 is 22.8 Å². The van der Waals surface area contributed by atoms with Crippen molar-refractivity contribution in [2.75, 3.05) is 14.1 Å². The SMILES string of the molecule is CC(Oc1ccc2cc(C=CC(=O)N(C)C)ccc2c1)C(O)CCc1cccnc1. The zero-order chi connectivity index (χ0) is 21.5. The van der Waals surface area contributed by atoms with E-state index in [0.717, 1.165) is 34.1 Å². The highest BCUT2D eigenvalue weighted by Crippen LogP contribution is 2.24. The van der Waals surface area contributed by atoms with Gasteiger partial charge in [-0.2, -0.15) is 0 Å². The third-order valence-electron chi connectivity index (χ3n) is 5.01. The van der Waals surface area contributed by atoms with Crippen LogP contribution in [0.4, 0.5) is 0 Å². The molecule has 0 bridgehead atoms. The number of aliphatic hydroxyl groups is 1. The molecule has 0 aliphatic rings. The average molecular weight is 405 g/mol. The molecule has 1 aromatic heterocycles. The number of ether oxygens (including phenoxy) is 1. The number of hydrogen-bond acceptors (Lipinski definition) is 4. The molecule has 1 N–H and O–H groups in total. The van der Waals surface area contributed by atoms with E-state index in [0.29, 0.717) is 6.42 Å². The molecule has 3 rings (SSSR count). The summed E-state index contributed by atoms with van der Waals surface area (Å²) in [5.74, 6) is 0.677. The summed E-state index contributed by atoms with van der Waals surface area (Å²) in [4.78, 5) is 17.3. The maximum Gasteiger partial charge on any atom is 0.246 e. The molecule has 0 fully saturated rings. The first-order valence-corrected chi connectivity index (χ1v) is 10.1. The summed E-state index contributed by atoms with van der Waals surface area (Å²) in [6, 6.07) is 15.8. The van der Waals surface area contributed by atoms with E-state index in [4.69, 9.17) is 4.74 Å². The highest BCUT2D eigenvalue weighted by Gasteiger charge is 2.16. The fraction of sp³-hybridized carbons (Fsp3) is 0.280. The third kappa shape index (κ3) is 5.91. The smallest absolute Gasteiger partial charge is 0.246 e. The van der Waals surface area contributed by atoms with Crippen LogP contribution < -0.4 is 4.74 Å². The Morgan fingerprint density at radius 2 is 1.93 bits per heavy atom. The van der Waals surface area contributed by atoms with E-state index in [1.54, 1.807) is 26.4 Å². The summed E-state index contributed by atoms with van der Waals surface area (Å²) in [5.41, 5.74) is 2.07. The fourth-order valence-electron chi connectivity index (χ4n) is 3.12. The monoisotopic (exact) mass is 404 g/mol. The van der Waals surface area contributed by atoms with Crippen LogP contribution in [0.25, 0.3) is 16.8 Å². The summed E-state index contributed by atoms with van der Waals surface area (Å²) in [6.07, 6.45) is 7.42. The molecule has 0 aliphatic carbocycles. The summed E-state index contributed by atoms with van der Waals surface area (Å²) in [6.45, 7) is 1.88. The Morgan fingerprint density at radius 3 is 2.67 bits per heavy atom. The molecular weight excluding hydrogens is 376 g/mol. The summed E-state index contributed by atoms with van der Waals surface area (Å²) >= 11 is 0. The number of carbonyl (C=O) groups is 1. The van der Waals surface area contributed by atoms with Crippen LogP contribution in [0.5, 0.6) is 5.75 Å². The molecule has 5 heteroatoms. The van der Waals surface area contributed by atoms with Crippen molar-refractivity contribution in [3.8, 4) is 5.75 Å². The predicted molar refractivity (Wildman–Crippen MR) is 120 cm³/mol. The highest BCUT2D eigenvalue weighted by molar-refractivity contribution is 5.92. The molecule has 156 valence electrons. The normalized spacial score (nSPS) is 13.3. The second-order valence-corrected chi connectivity index (χ2v) is 7.62. The maximum absolute atomic E-state index is 11.7. The molecule has 2 unspecified atom stereocenters. The molecule has 1 heterocycles. The highest BCUT2D eigenvalue weighted by atomic mass is 16.5. The number of amides is 1. The largest absolute Gasteiger partial charge is 0.488 e. The number of fused-ring (bicyclic) bond motifs is 1. The lowest BCUT2D eigenvalue weighted by Gasteiger charge is -2.21. The van der Waals surface area contributed by atoms with E-state index in [1.807, 2.05) is 67.7 Å². The maximum atomic E-state index is 11.7. The van der Waals surface area contributed by atoms with Crippen molar-refractivity contribution in [3.05, 3.63) is 78.1 Å². The van der Waals surface area contributed by atoms with Gasteiger partial charge in [0, 0.05) is 32.6 Å². The van der Waals surface area contributed by atoms with Crippen molar-refractivity contribution in [1.82, 2.24) is 9.88 Å². The Balaban J connectivity index is 1.62. The number of rotatable bonds is 8. The Hall–Kier alpha value is -3.18. The Morgan fingerprint density at radius 1 is 1.17 bits per heavy atom. The molecule has 0 spiro atoms. The van der Waals surface area contributed by atoms with Crippen molar-refractivity contribution in [1.29, 1.82) is 0 Å². The van der Waals surface area contributed by atoms with Crippen molar-refractivity contribution < 1.29 is 14.6 Å². The summed E-state index contributed by atoms with van der Waals surface area (Å²) in [7, 11) is 3.46. The minimum atomic E-state index is -0.567. The lowest BCUT2D eigenvalue weighted by Crippen LogP contribution is -2.29. The second-order valence-electron chi connectivity index (χ2n) is 7.62. The van der Waals surface area contributed by atoms with Gasteiger partial charge in [0.2, 0.25) is 5.91 Å². The standard InChI is InChI=1S/C25H28N2O3/c1-18(24(28)12-7-20-5-4-14-26-17-20)30-23-11-10-21-15-19(6-9-22(21)16-23)8-13-25(29)27(2)3/h4-6,8-11,13-18,24,28H,7,12H2,1-3H3. The number of benzene rings is 2. The van der Waals surface area contributed by atoms with Crippen molar-refractivity contribution in [2.45, 2.75) is 32.0 Å². The van der Waals surface area contributed by atoms with Crippen molar-refractivity contribution in [3.63, 3.8) is 0 Å². The number of pyridine rings is 1. The molecule has 1 amide bonds. The first kappa shape index (κ1) is 21.5. The summed E-state index contributed by atoms with van der Waals surface area (Å²) < 4.78 is 5.98. The van der Waals surface area contributed by atoms with Gasteiger partial charge in [-0.1, -0.05) is 24.3 Å². The number of nitrogens with zero attached hydrogens (tertiary/aromatic N) is 2. The molecule has 3 aromatic rings. The number of aromatic nitrogens is 1. The van der Waals surface area contributed by atoms with Gasteiger partial charge in [-0.3, -0.25) is 9.78 Å². The fourth-order valence-corrected chi connectivity index (χ4v) is 3.12. The van der Waals surface area contributed by atoms with Gasteiger partial charge in [0.1, 0.15) is 11.9 Å². The number of carbonyl (C=O) groups excluding carboxylic acids is 1. The van der Waals surface area contributed by atoms with Gasteiger partial charge in [0.05, 0.1) is 6.10 Å². The first-order valence-electron chi connectivity index (χ1n) is 10.1.